The molecule has 1 atom stereocenters. The average Bonchev–Trinajstić information content (AvgIpc) is 3.34. The van der Waals surface area contributed by atoms with Crippen LogP contribution in [-0.4, -0.2) is 64.7 Å². The number of amides is 3. The van der Waals surface area contributed by atoms with Gasteiger partial charge in [0.25, 0.3) is 5.91 Å². The highest BCUT2D eigenvalue weighted by atomic mass is 35.5. The molecule has 1 aromatic heterocycles. The third kappa shape index (κ3) is 8.32. The second kappa shape index (κ2) is 13.8. The van der Waals surface area contributed by atoms with Crippen LogP contribution in [0.2, 0.25) is 5.02 Å². The van der Waals surface area contributed by atoms with E-state index in [2.05, 4.69) is 15.7 Å². The first-order valence-electron chi connectivity index (χ1n) is 13.2. The van der Waals surface area contributed by atoms with E-state index < -0.39 is 0 Å². The highest BCUT2D eigenvalue weighted by molar-refractivity contribution is 6.31. The third-order valence-electron chi connectivity index (χ3n) is 6.66. The molecular formula is C29H34ClN5O4. The molecule has 2 aromatic carbocycles. The number of nitrogens with one attached hydrogen (secondary N) is 2. The van der Waals surface area contributed by atoms with E-state index in [0.29, 0.717) is 55.1 Å². The van der Waals surface area contributed by atoms with E-state index in [1.807, 2.05) is 43.4 Å². The van der Waals surface area contributed by atoms with Gasteiger partial charge in [-0.05, 0) is 55.5 Å². The summed E-state index contributed by atoms with van der Waals surface area (Å²) in [6.07, 6.45) is 4.32. The number of rotatable bonds is 5. The van der Waals surface area contributed by atoms with Crippen molar-refractivity contribution >= 4 is 29.3 Å². The van der Waals surface area contributed by atoms with Gasteiger partial charge in [0.2, 0.25) is 11.8 Å². The summed E-state index contributed by atoms with van der Waals surface area (Å²) in [6.45, 7) is 0.922. The lowest BCUT2D eigenvalue weighted by molar-refractivity contribution is -0.136. The molecule has 9 nitrogen and oxygen atoms in total. The quantitative estimate of drug-likeness (QED) is 0.507. The predicted molar refractivity (Wildman–Crippen MR) is 149 cm³/mol. The van der Waals surface area contributed by atoms with Crippen molar-refractivity contribution in [3.63, 3.8) is 0 Å². The summed E-state index contributed by atoms with van der Waals surface area (Å²) in [5, 5.41) is 10.6. The van der Waals surface area contributed by atoms with Crippen LogP contribution < -0.4 is 15.4 Å². The Kier molecular flexibility index (Phi) is 9.97. The van der Waals surface area contributed by atoms with E-state index in [0.717, 1.165) is 11.3 Å². The molecule has 3 amide bonds. The van der Waals surface area contributed by atoms with Crippen molar-refractivity contribution in [3.05, 3.63) is 82.6 Å². The number of benzene rings is 2. The van der Waals surface area contributed by atoms with Crippen molar-refractivity contribution < 1.29 is 19.1 Å². The molecule has 39 heavy (non-hydrogen) atoms. The summed E-state index contributed by atoms with van der Waals surface area (Å²) in [5.74, 6) is -0.243. The van der Waals surface area contributed by atoms with Crippen LogP contribution in [0.25, 0.3) is 0 Å². The number of halogens is 1. The molecule has 0 unspecified atom stereocenters. The van der Waals surface area contributed by atoms with Crippen LogP contribution in [-0.2, 0) is 29.5 Å². The topological polar surface area (TPSA) is 106 Å². The summed E-state index contributed by atoms with van der Waals surface area (Å²) < 4.78 is 7.81. The summed E-state index contributed by atoms with van der Waals surface area (Å²) in [4.78, 5) is 40.9. The molecule has 0 radical (unpaired) electrons. The smallest absolute Gasteiger partial charge is 0.255 e. The van der Waals surface area contributed by atoms with E-state index >= 15 is 0 Å². The molecule has 0 saturated carbocycles. The number of carbonyl (C=O) groups excluding carboxylic acids is 3. The minimum atomic E-state index is -0.386. The summed E-state index contributed by atoms with van der Waals surface area (Å²) >= 11 is 6.17. The fourth-order valence-electron chi connectivity index (χ4n) is 4.55. The number of aromatic nitrogens is 2. The SMILES string of the molecule is Cn1nccc1CCC(=O)N1CCCCNC(=O)c2cc(Cl)ccc2OC[C@H](Cc2ccccc2)NC(=O)C1. The molecule has 0 spiro atoms. The Hall–Kier alpha value is -3.85. The van der Waals surface area contributed by atoms with Crippen molar-refractivity contribution in [2.24, 2.45) is 7.05 Å². The minimum absolute atomic E-state index is 0.0476. The number of aryl methyl sites for hydroxylation is 2. The lowest BCUT2D eigenvalue weighted by atomic mass is 10.1. The van der Waals surface area contributed by atoms with E-state index in [9.17, 15) is 14.4 Å². The highest BCUT2D eigenvalue weighted by Gasteiger charge is 2.22. The number of ether oxygens (including phenoxy) is 1. The normalized spacial score (nSPS) is 17.2. The second-order valence-corrected chi connectivity index (χ2v) is 10.1. The molecule has 4 rings (SSSR count). The lowest BCUT2D eigenvalue weighted by Gasteiger charge is -2.25. The van der Waals surface area contributed by atoms with Gasteiger partial charge in [-0.2, -0.15) is 5.10 Å². The number of hydrogen-bond acceptors (Lipinski definition) is 5. The first kappa shape index (κ1) is 28.2. The van der Waals surface area contributed by atoms with Gasteiger partial charge in [0.15, 0.2) is 0 Å². The third-order valence-corrected chi connectivity index (χ3v) is 6.90. The standard InChI is InChI=1S/C29H34ClN5O4/c1-34-24(13-15-32-34)10-12-28(37)35-16-6-5-14-31-29(38)25-18-22(30)9-11-26(25)39-20-23(33-27(36)19-35)17-21-7-3-2-4-8-21/h2-4,7-9,11,13,15,18,23H,5-6,10,12,14,16-17,19-20H2,1H3,(H,31,38)(H,33,36)/t23-/m0/s1. The van der Waals surface area contributed by atoms with Crippen molar-refractivity contribution in [1.82, 2.24) is 25.3 Å². The molecule has 3 aromatic rings. The van der Waals surface area contributed by atoms with Gasteiger partial charge in [-0.1, -0.05) is 41.9 Å². The fourth-order valence-corrected chi connectivity index (χ4v) is 4.72. The Morgan fingerprint density at radius 3 is 2.72 bits per heavy atom. The van der Waals surface area contributed by atoms with Crippen molar-refractivity contribution in [2.75, 3.05) is 26.2 Å². The second-order valence-electron chi connectivity index (χ2n) is 9.63. The van der Waals surface area contributed by atoms with E-state index in [1.54, 1.807) is 34.0 Å². The number of fused-ring (bicyclic) bond motifs is 1. The van der Waals surface area contributed by atoms with E-state index in [4.69, 9.17) is 16.3 Å². The van der Waals surface area contributed by atoms with Crippen LogP contribution in [0, 0.1) is 0 Å². The van der Waals surface area contributed by atoms with Crippen LogP contribution in [0.15, 0.2) is 60.8 Å². The zero-order chi connectivity index (χ0) is 27.6. The fraction of sp³-hybridized carbons (Fsp3) is 0.379. The molecule has 206 valence electrons. The number of carbonyl (C=O) groups is 3. The van der Waals surface area contributed by atoms with Crippen molar-refractivity contribution in [2.45, 2.75) is 38.1 Å². The van der Waals surface area contributed by atoms with Crippen LogP contribution in [0.4, 0.5) is 0 Å². The highest BCUT2D eigenvalue weighted by Crippen LogP contribution is 2.23. The number of hydrogen-bond donors (Lipinski definition) is 2. The molecular weight excluding hydrogens is 518 g/mol. The average molecular weight is 552 g/mol. The van der Waals surface area contributed by atoms with Crippen LogP contribution in [0.3, 0.4) is 0 Å². The summed E-state index contributed by atoms with van der Waals surface area (Å²) in [5.41, 5.74) is 2.32. The van der Waals surface area contributed by atoms with Crippen molar-refractivity contribution in [1.29, 1.82) is 0 Å². The summed E-state index contributed by atoms with van der Waals surface area (Å²) in [7, 11) is 1.84. The Morgan fingerprint density at radius 1 is 1.13 bits per heavy atom. The molecule has 1 aliphatic heterocycles. The molecule has 1 aliphatic rings. The molecule has 0 saturated heterocycles. The first-order chi connectivity index (χ1) is 18.9. The Balaban J connectivity index is 1.51. The maximum absolute atomic E-state index is 13.2. The van der Waals surface area contributed by atoms with Gasteiger partial charge in [0.1, 0.15) is 12.4 Å². The Morgan fingerprint density at radius 2 is 1.95 bits per heavy atom. The largest absolute Gasteiger partial charge is 0.491 e. The zero-order valence-electron chi connectivity index (χ0n) is 22.1. The molecule has 10 heteroatoms. The molecule has 2 N–H and O–H groups in total. The predicted octanol–water partition coefficient (Wildman–Crippen LogP) is 3.16. The van der Waals surface area contributed by atoms with E-state index in [-0.39, 0.29) is 43.3 Å². The van der Waals surface area contributed by atoms with Crippen LogP contribution in [0.1, 0.15) is 40.9 Å². The van der Waals surface area contributed by atoms with Crippen molar-refractivity contribution in [3.8, 4) is 5.75 Å². The minimum Gasteiger partial charge on any atom is -0.491 e. The van der Waals surface area contributed by atoms with Gasteiger partial charge in [-0.3, -0.25) is 19.1 Å². The van der Waals surface area contributed by atoms with Crippen LogP contribution in [0.5, 0.6) is 5.75 Å². The van der Waals surface area contributed by atoms with Gasteiger partial charge >= 0.3 is 0 Å². The summed E-state index contributed by atoms with van der Waals surface area (Å²) in [6, 6.07) is 16.2. The Bertz CT molecular complexity index is 1280. The van der Waals surface area contributed by atoms with Gasteiger partial charge < -0.3 is 20.3 Å². The maximum Gasteiger partial charge on any atom is 0.255 e. The molecule has 0 bridgehead atoms. The lowest BCUT2D eigenvalue weighted by Crippen LogP contribution is -2.47. The van der Waals surface area contributed by atoms with Gasteiger partial charge in [0, 0.05) is 43.5 Å². The number of nitrogens with zero attached hydrogens (tertiary/aromatic N) is 3. The molecule has 0 aliphatic carbocycles. The maximum atomic E-state index is 13.2. The van der Waals surface area contributed by atoms with Crippen LogP contribution >= 0.6 is 11.6 Å². The van der Waals surface area contributed by atoms with E-state index in [1.165, 1.54) is 0 Å². The monoisotopic (exact) mass is 551 g/mol. The molecule has 0 fully saturated rings. The Labute approximate surface area is 233 Å². The van der Waals surface area contributed by atoms with Gasteiger partial charge in [0.05, 0.1) is 18.2 Å². The first-order valence-corrected chi connectivity index (χ1v) is 13.6. The molecule has 2 heterocycles. The zero-order valence-corrected chi connectivity index (χ0v) is 22.8. The van der Waals surface area contributed by atoms with Gasteiger partial charge in [-0.15, -0.1) is 0 Å². The van der Waals surface area contributed by atoms with Gasteiger partial charge in [-0.25, -0.2) is 0 Å².